The monoisotopic (exact) mass is 244 g/mol. The first kappa shape index (κ1) is 12.2. The summed E-state index contributed by atoms with van der Waals surface area (Å²) in [5.41, 5.74) is 11.4. The molecule has 2 nitrogen and oxygen atoms in total. The van der Waals surface area contributed by atoms with Crippen LogP contribution in [0, 0.1) is 0 Å². The van der Waals surface area contributed by atoms with Crippen molar-refractivity contribution in [2.24, 2.45) is 5.73 Å². The summed E-state index contributed by atoms with van der Waals surface area (Å²) < 4.78 is 37.5. The van der Waals surface area contributed by atoms with Gasteiger partial charge in [0.1, 0.15) is 0 Å². The van der Waals surface area contributed by atoms with Gasteiger partial charge in [0, 0.05) is 11.2 Å². The van der Waals surface area contributed by atoms with E-state index >= 15 is 0 Å². The van der Waals surface area contributed by atoms with E-state index in [-0.39, 0.29) is 5.69 Å². The zero-order chi connectivity index (χ0) is 12.7. The molecular weight excluding hydrogens is 229 g/mol. The molecule has 0 heterocycles. The predicted molar refractivity (Wildman–Crippen MR) is 60.2 cm³/mol. The molecular formula is C12H15F3N2. The first-order valence-electron chi connectivity index (χ1n) is 5.59. The van der Waals surface area contributed by atoms with Crippen LogP contribution in [0.3, 0.4) is 0 Å². The summed E-state index contributed by atoms with van der Waals surface area (Å²) in [6.45, 7) is 0. The summed E-state index contributed by atoms with van der Waals surface area (Å²) in [4.78, 5) is 0. The first-order chi connectivity index (χ1) is 7.83. The number of nitrogens with two attached hydrogens (primary N) is 2. The molecule has 0 aromatic heterocycles. The Bertz CT molecular complexity index is 420. The van der Waals surface area contributed by atoms with Crippen LogP contribution in [0.4, 0.5) is 18.9 Å². The Morgan fingerprint density at radius 2 is 1.71 bits per heavy atom. The van der Waals surface area contributed by atoms with Gasteiger partial charge in [0.05, 0.1) is 5.56 Å². The number of halogens is 3. The molecule has 0 radical (unpaired) electrons. The molecule has 1 fully saturated rings. The number of benzene rings is 1. The van der Waals surface area contributed by atoms with Crippen LogP contribution in [0.5, 0.6) is 0 Å². The second kappa shape index (κ2) is 3.91. The number of hydrogen-bond donors (Lipinski definition) is 2. The fourth-order valence-electron chi connectivity index (χ4n) is 2.47. The zero-order valence-electron chi connectivity index (χ0n) is 9.35. The molecule has 0 unspecified atom stereocenters. The fourth-order valence-corrected chi connectivity index (χ4v) is 2.47. The van der Waals surface area contributed by atoms with E-state index in [0.29, 0.717) is 5.56 Å². The average molecular weight is 244 g/mol. The number of nitrogen functional groups attached to an aromatic ring is 1. The standard InChI is InChI=1S/C12H15F3N2/c13-12(14,15)8-3-4-9(10(16)7-8)11(17)5-1-2-6-11/h3-4,7H,1-2,5-6,16-17H2. The molecule has 2 rings (SSSR count). The van der Waals surface area contributed by atoms with Gasteiger partial charge in [-0.1, -0.05) is 18.9 Å². The Kier molecular flexibility index (Phi) is 2.81. The molecule has 0 amide bonds. The lowest BCUT2D eigenvalue weighted by atomic mass is 9.87. The van der Waals surface area contributed by atoms with Gasteiger partial charge in [-0.05, 0) is 30.5 Å². The minimum Gasteiger partial charge on any atom is -0.398 e. The van der Waals surface area contributed by atoms with Gasteiger partial charge in [0.15, 0.2) is 0 Å². The average Bonchev–Trinajstić information content (AvgIpc) is 2.64. The lowest BCUT2D eigenvalue weighted by molar-refractivity contribution is -0.137. The topological polar surface area (TPSA) is 52.0 Å². The summed E-state index contributed by atoms with van der Waals surface area (Å²) in [5.74, 6) is 0. The Balaban J connectivity index is 2.38. The van der Waals surface area contributed by atoms with Crippen molar-refractivity contribution in [1.29, 1.82) is 0 Å². The van der Waals surface area contributed by atoms with Gasteiger partial charge in [-0.25, -0.2) is 0 Å². The summed E-state index contributed by atoms with van der Waals surface area (Å²) in [6.07, 6.45) is -0.802. The summed E-state index contributed by atoms with van der Waals surface area (Å²) in [7, 11) is 0. The van der Waals surface area contributed by atoms with Crippen LogP contribution >= 0.6 is 0 Å². The lowest BCUT2D eigenvalue weighted by Crippen LogP contribution is -2.34. The largest absolute Gasteiger partial charge is 0.416 e. The van der Waals surface area contributed by atoms with Crippen molar-refractivity contribution < 1.29 is 13.2 Å². The van der Waals surface area contributed by atoms with Gasteiger partial charge in [-0.3, -0.25) is 0 Å². The third-order valence-electron chi connectivity index (χ3n) is 3.41. The van der Waals surface area contributed by atoms with E-state index in [1.807, 2.05) is 0 Å². The lowest BCUT2D eigenvalue weighted by Gasteiger charge is -2.26. The summed E-state index contributed by atoms with van der Waals surface area (Å²) >= 11 is 0. The van der Waals surface area contributed by atoms with Gasteiger partial charge in [0.2, 0.25) is 0 Å². The van der Waals surface area contributed by atoms with Crippen LogP contribution < -0.4 is 11.5 Å². The molecule has 17 heavy (non-hydrogen) atoms. The van der Waals surface area contributed by atoms with Crippen molar-refractivity contribution in [2.75, 3.05) is 5.73 Å². The maximum absolute atomic E-state index is 12.5. The quantitative estimate of drug-likeness (QED) is 0.746. The normalized spacial score (nSPS) is 19.5. The molecule has 5 heteroatoms. The van der Waals surface area contributed by atoms with E-state index in [0.717, 1.165) is 37.8 Å². The van der Waals surface area contributed by atoms with Crippen molar-refractivity contribution in [1.82, 2.24) is 0 Å². The van der Waals surface area contributed by atoms with Gasteiger partial charge in [-0.2, -0.15) is 13.2 Å². The smallest absolute Gasteiger partial charge is 0.398 e. The summed E-state index contributed by atoms with van der Waals surface area (Å²) in [6, 6.07) is 3.45. The van der Waals surface area contributed by atoms with E-state index < -0.39 is 17.3 Å². The molecule has 1 aromatic carbocycles. The van der Waals surface area contributed by atoms with Crippen LogP contribution in [0.15, 0.2) is 18.2 Å². The molecule has 4 N–H and O–H groups in total. The van der Waals surface area contributed by atoms with Gasteiger partial charge in [-0.15, -0.1) is 0 Å². The molecule has 1 aromatic rings. The molecule has 0 aliphatic heterocycles. The fraction of sp³-hybridized carbons (Fsp3) is 0.500. The van der Waals surface area contributed by atoms with Gasteiger partial charge in [0.25, 0.3) is 0 Å². The number of alkyl halides is 3. The number of hydrogen-bond acceptors (Lipinski definition) is 2. The number of rotatable bonds is 1. The first-order valence-corrected chi connectivity index (χ1v) is 5.59. The van der Waals surface area contributed by atoms with Crippen molar-refractivity contribution in [3.8, 4) is 0 Å². The van der Waals surface area contributed by atoms with Crippen molar-refractivity contribution in [3.63, 3.8) is 0 Å². The Morgan fingerprint density at radius 1 is 1.12 bits per heavy atom. The van der Waals surface area contributed by atoms with Crippen LogP contribution in [0.1, 0.15) is 36.8 Å². The minimum atomic E-state index is -4.36. The van der Waals surface area contributed by atoms with Crippen LogP contribution in [-0.4, -0.2) is 0 Å². The Morgan fingerprint density at radius 3 is 2.18 bits per heavy atom. The molecule has 94 valence electrons. The van der Waals surface area contributed by atoms with E-state index in [4.69, 9.17) is 11.5 Å². The van der Waals surface area contributed by atoms with E-state index in [2.05, 4.69) is 0 Å². The molecule has 0 atom stereocenters. The van der Waals surface area contributed by atoms with Crippen LogP contribution in [0.2, 0.25) is 0 Å². The van der Waals surface area contributed by atoms with Crippen molar-refractivity contribution >= 4 is 5.69 Å². The molecule has 0 bridgehead atoms. The molecule has 0 saturated heterocycles. The van der Waals surface area contributed by atoms with E-state index in [1.165, 1.54) is 6.07 Å². The predicted octanol–water partition coefficient (Wildman–Crippen LogP) is 3.02. The highest BCUT2D eigenvalue weighted by Crippen LogP contribution is 2.40. The molecule has 0 spiro atoms. The highest BCUT2D eigenvalue weighted by atomic mass is 19.4. The summed E-state index contributed by atoms with van der Waals surface area (Å²) in [5, 5.41) is 0. The van der Waals surface area contributed by atoms with Gasteiger partial charge < -0.3 is 11.5 Å². The maximum atomic E-state index is 12.5. The minimum absolute atomic E-state index is 0.143. The highest BCUT2D eigenvalue weighted by Gasteiger charge is 2.35. The Labute approximate surface area is 97.8 Å². The zero-order valence-corrected chi connectivity index (χ0v) is 9.35. The third-order valence-corrected chi connectivity index (χ3v) is 3.41. The van der Waals surface area contributed by atoms with Crippen LogP contribution in [0.25, 0.3) is 0 Å². The second-order valence-electron chi connectivity index (χ2n) is 4.66. The molecule has 1 aliphatic rings. The second-order valence-corrected chi connectivity index (χ2v) is 4.66. The van der Waals surface area contributed by atoms with Crippen LogP contribution in [-0.2, 0) is 11.7 Å². The number of anilines is 1. The van der Waals surface area contributed by atoms with Gasteiger partial charge >= 0.3 is 6.18 Å². The van der Waals surface area contributed by atoms with E-state index in [1.54, 1.807) is 0 Å². The van der Waals surface area contributed by atoms with E-state index in [9.17, 15) is 13.2 Å². The molecule has 1 saturated carbocycles. The molecule has 1 aliphatic carbocycles. The SMILES string of the molecule is Nc1cc(C(F)(F)F)ccc1C1(N)CCCC1. The Hall–Kier alpha value is -1.23. The highest BCUT2D eigenvalue weighted by molar-refractivity contribution is 5.53. The third kappa shape index (κ3) is 2.24. The maximum Gasteiger partial charge on any atom is 0.416 e. The van der Waals surface area contributed by atoms with Crippen molar-refractivity contribution in [3.05, 3.63) is 29.3 Å². The van der Waals surface area contributed by atoms with Crippen molar-refractivity contribution in [2.45, 2.75) is 37.4 Å².